The summed E-state index contributed by atoms with van der Waals surface area (Å²) in [4.78, 5) is 0. The molecular weight excluding hydrogens is 240 g/mol. The molecule has 0 saturated heterocycles. The van der Waals surface area contributed by atoms with Crippen molar-refractivity contribution in [2.45, 2.75) is 85.0 Å². The Kier molecular flexibility index (Phi) is 3.07. The van der Waals surface area contributed by atoms with Crippen LogP contribution in [-0.2, 0) is 0 Å². The van der Waals surface area contributed by atoms with Gasteiger partial charge in [0, 0.05) is 0 Å². The summed E-state index contributed by atoms with van der Waals surface area (Å²) < 4.78 is 0. The van der Waals surface area contributed by atoms with Gasteiger partial charge in [0.1, 0.15) is 0 Å². The van der Waals surface area contributed by atoms with Gasteiger partial charge in [0.25, 0.3) is 0 Å². The third kappa shape index (κ3) is 1.72. The number of rotatable bonds is 0. The molecule has 0 spiro atoms. The van der Waals surface area contributed by atoms with E-state index in [0.29, 0.717) is 5.41 Å². The van der Waals surface area contributed by atoms with Crippen molar-refractivity contribution in [1.82, 2.24) is 0 Å². The standard InChI is InChI=1S/C20H34/c1-14-6-4-12-20(3)16(14)9-8-15-17-7-5-11-19(17,2)13-10-18(15)20/h14-18H,4-13H2,1-3H3/t14-,15-,16?,17-,18-,19-,20-/m0/s1. The molecule has 4 saturated carbocycles. The van der Waals surface area contributed by atoms with Crippen molar-refractivity contribution in [3.63, 3.8) is 0 Å². The highest BCUT2D eigenvalue weighted by atomic mass is 14.6. The van der Waals surface area contributed by atoms with Crippen molar-refractivity contribution < 1.29 is 0 Å². The zero-order chi connectivity index (χ0) is 14.0. The zero-order valence-corrected chi connectivity index (χ0v) is 14.0. The first kappa shape index (κ1) is 13.6. The summed E-state index contributed by atoms with van der Waals surface area (Å²) in [6.45, 7) is 7.91. The lowest BCUT2D eigenvalue weighted by Gasteiger charge is -2.61. The van der Waals surface area contributed by atoms with Crippen LogP contribution in [0.2, 0.25) is 0 Å². The summed E-state index contributed by atoms with van der Waals surface area (Å²) in [6, 6.07) is 0. The van der Waals surface area contributed by atoms with Gasteiger partial charge in [-0.05, 0) is 85.4 Å². The number of hydrogen-bond acceptors (Lipinski definition) is 0. The van der Waals surface area contributed by atoms with Crippen molar-refractivity contribution in [1.29, 1.82) is 0 Å². The maximum Gasteiger partial charge on any atom is -0.0264 e. The fourth-order valence-electron chi connectivity index (χ4n) is 7.79. The van der Waals surface area contributed by atoms with E-state index in [1.54, 1.807) is 38.5 Å². The van der Waals surface area contributed by atoms with E-state index in [4.69, 9.17) is 0 Å². The second-order valence-corrected chi connectivity index (χ2v) is 9.52. The molecule has 0 aromatic heterocycles. The molecule has 0 heterocycles. The van der Waals surface area contributed by atoms with Gasteiger partial charge < -0.3 is 0 Å². The Morgan fingerprint density at radius 1 is 0.700 bits per heavy atom. The third-order valence-corrected chi connectivity index (χ3v) is 8.79. The van der Waals surface area contributed by atoms with E-state index in [-0.39, 0.29) is 0 Å². The number of fused-ring (bicyclic) bond motifs is 5. The van der Waals surface area contributed by atoms with E-state index in [1.807, 2.05) is 0 Å². The minimum absolute atomic E-state index is 0.713. The maximum absolute atomic E-state index is 2.71. The summed E-state index contributed by atoms with van der Waals surface area (Å²) in [6.07, 6.45) is 15.5. The molecule has 4 aliphatic carbocycles. The van der Waals surface area contributed by atoms with Gasteiger partial charge in [0.15, 0.2) is 0 Å². The Bertz CT molecular complexity index is 385. The van der Waals surface area contributed by atoms with Crippen molar-refractivity contribution >= 4 is 0 Å². The van der Waals surface area contributed by atoms with Crippen LogP contribution in [-0.4, -0.2) is 0 Å². The van der Waals surface area contributed by atoms with Crippen LogP contribution in [0.4, 0.5) is 0 Å². The normalized spacial score (nSPS) is 58.6. The molecule has 4 rings (SSSR count). The van der Waals surface area contributed by atoms with Crippen molar-refractivity contribution in [2.24, 2.45) is 40.4 Å². The Morgan fingerprint density at radius 2 is 1.50 bits per heavy atom. The Morgan fingerprint density at radius 3 is 2.35 bits per heavy atom. The summed E-state index contributed by atoms with van der Waals surface area (Å²) >= 11 is 0. The van der Waals surface area contributed by atoms with Crippen LogP contribution in [0.25, 0.3) is 0 Å². The average Bonchev–Trinajstić information content (AvgIpc) is 2.80. The van der Waals surface area contributed by atoms with Crippen LogP contribution in [0.1, 0.15) is 85.0 Å². The van der Waals surface area contributed by atoms with E-state index >= 15 is 0 Å². The largest absolute Gasteiger partial charge is 0.0622 e. The molecule has 0 amide bonds. The van der Waals surface area contributed by atoms with E-state index < -0.39 is 0 Å². The lowest BCUT2D eigenvalue weighted by atomic mass is 9.44. The summed E-state index contributed by atoms with van der Waals surface area (Å²) in [7, 11) is 0. The smallest absolute Gasteiger partial charge is 0.0264 e. The molecule has 0 aliphatic heterocycles. The minimum Gasteiger partial charge on any atom is -0.0622 e. The molecule has 1 unspecified atom stereocenters. The predicted octanol–water partition coefficient (Wildman–Crippen LogP) is 6.06. The first-order valence-electron chi connectivity index (χ1n) is 9.55. The van der Waals surface area contributed by atoms with Crippen LogP contribution < -0.4 is 0 Å². The van der Waals surface area contributed by atoms with Gasteiger partial charge >= 0.3 is 0 Å². The zero-order valence-electron chi connectivity index (χ0n) is 14.0. The first-order valence-corrected chi connectivity index (χ1v) is 9.55. The third-order valence-electron chi connectivity index (χ3n) is 8.79. The quantitative estimate of drug-likeness (QED) is 0.504. The fourth-order valence-corrected chi connectivity index (χ4v) is 7.79. The van der Waals surface area contributed by atoms with Crippen molar-refractivity contribution in [3.05, 3.63) is 0 Å². The molecule has 0 N–H and O–H groups in total. The summed E-state index contributed by atoms with van der Waals surface area (Å²) in [5, 5.41) is 0. The lowest BCUT2D eigenvalue weighted by molar-refractivity contribution is -0.118. The summed E-state index contributed by atoms with van der Waals surface area (Å²) in [5.41, 5.74) is 1.45. The van der Waals surface area contributed by atoms with Gasteiger partial charge in [-0.1, -0.05) is 40.0 Å². The molecule has 114 valence electrons. The van der Waals surface area contributed by atoms with E-state index in [0.717, 1.165) is 35.0 Å². The van der Waals surface area contributed by atoms with Gasteiger partial charge in [-0.15, -0.1) is 0 Å². The highest BCUT2D eigenvalue weighted by molar-refractivity contribution is 5.07. The Hall–Kier alpha value is 0. The fraction of sp³-hybridized carbons (Fsp3) is 1.00. The van der Waals surface area contributed by atoms with Crippen molar-refractivity contribution in [2.75, 3.05) is 0 Å². The second-order valence-electron chi connectivity index (χ2n) is 9.52. The van der Waals surface area contributed by atoms with Crippen LogP contribution in [0.5, 0.6) is 0 Å². The topological polar surface area (TPSA) is 0 Å². The molecule has 0 aromatic carbocycles. The highest BCUT2D eigenvalue weighted by Crippen LogP contribution is 2.66. The second kappa shape index (κ2) is 4.50. The lowest BCUT2D eigenvalue weighted by Crippen LogP contribution is -2.53. The molecule has 4 aliphatic rings. The SMILES string of the molecule is C[C@H]1CCC[C@@]2(C)C1CC[C@H]1[C@@H]3CCC[C@@]3(C)CC[C@@H]12. The molecule has 0 aromatic rings. The molecule has 0 heteroatoms. The van der Waals surface area contributed by atoms with Gasteiger partial charge in [-0.25, -0.2) is 0 Å². The van der Waals surface area contributed by atoms with E-state index in [9.17, 15) is 0 Å². The van der Waals surface area contributed by atoms with E-state index in [1.165, 1.54) is 25.7 Å². The monoisotopic (exact) mass is 274 g/mol. The van der Waals surface area contributed by atoms with Gasteiger partial charge in [-0.2, -0.15) is 0 Å². The predicted molar refractivity (Wildman–Crippen MR) is 85.5 cm³/mol. The van der Waals surface area contributed by atoms with Crippen LogP contribution in [0.3, 0.4) is 0 Å². The molecule has 7 atom stereocenters. The average molecular weight is 274 g/mol. The van der Waals surface area contributed by atoms with Crippen LogP contribution in [0.15, 0.2) is 0 Å². The van der Waals surface area contributed by atoms with E-state index in [2.05, 4.69) is 20.8 Å². The van der Waals surface area contributed by atoms with Crippen LogP contribution in [0, 0.1) is 40.4 Å². The van der Waals surface area contributed by atoms with Crippen LogP contribution >= 0.6 is 0 Å². The molecule has 0 bridgehead atoms. The van der Waals surface area contributed by atoms with Gasteiger partial charge in [-0.3, -0.25) is 0 Å². The molecule has 4 fully saturated rings. The van der Waals surface area contributed by atoms with Gasteiger partial charge in [0.05, 0.1) is 0 Å². The maximum atomic E-state index is 2.71. The Labute approximate surface area is 126 Å². The van der Waals surface area contributed by atoms with Crippen molar-refractivity contribution in [3.8, 4) is 0 Å². The molecule has 0 radical (unpaired) electrons. The molecule has 20 heavy (non-hydrogen) atoms. The highest BCUT2D eigenvalue weighted by Gasteiger charge is 2.57. The molecular formula is C20H34. The number of hydrogen-bond donors (Lipinski definition) is 0. The Balaban J connectivity index is 1.65. The first-order chi connectivity index (χ1) is 9.55. The van der Waals surface area contributed by atoms with Gasteiger partial charge in [0.2, 0.25) is 0 Å². The molecule has 0 nitrogen and oxygen atoms in total. The minimum atomic E-state index is 0.713. The summed E-state index contributed by atoms with van der Waals surface area (Å²) in [5.74, 6) is 5.34.